The van der Waals surface area contributed by atoms with Crippen molar-refractivity contribution in [3.63, 3.8) is 0 Å². The van der Waals surface area contributed by atoms with Crippen LogP contribution in [0.2, 0.25) is 0 Å². The highest BCUT2D eigenvalue weighted by Gasteiger charge is 2.13. The van der Waals surface area contributed by atoms with Gasteiger partial charge in [0.25, 0.3) is 5.56 Å². The maximum Gasteiger partial charge on any atom is 0.274 e. The van der Waals surface area contributed by atoms with Crippen LogP contribution in [-0.2, 0) is 0 Å². The van der Waals surface area contributed by atoms with E-state index in [-0.39, 0.29) is 5.56 Å². The Hall–Kier alpha value is -2.62. The van der Waals surface area contributed by atoms with E-state index in [1.807, 2.05) is 44.2 Å². The molecule has 0 aliphatic carbocycles. The summed E-state index contributed by atoms with van der Waals surface area (Å²) in [6, 6.07) is 9.79. The molecule has 2 heterocycles. The van der Waals surface area contributed by atoms with Gasteiger partial charge in [-0.05, 0) is 56.2 Å². The molecule has 1 aromatic carbocycles. The van der Waals surface area contributed by atoms with Crippen LogP contribution < -0.4 is 5.56 Å². The number of H-pyrrole nitrogens is 1. The van der Waals surface area contributed by atoms with E-state index in [2.05, 4.69) is 17.0 Å². The summed E-state index contributed by atoms with van der Waals surface area (Å²) in [6.07, 6.45) is 3.47. The smallest absolute Gasteiger partial charge is 0.274 e. The van der Waals surface area contributed by atoms with Gasteiger partial charge in [-0.1, -0.05) is 6.07 Å². The first-order valence-electron chi connectivity index (χ1n) is 6.87. The van der Waals surface area contributed by atoms with Crippen LogP contribution in [0.5, 0.6) is 0 Å². The van der Waals surface area contributed by atoms with Crippen molar-refractivity contribution in [3.8, 4) is 16.9 Å². The number of pyridine rings is 1. The Morgan fingerprint density at radius 1 is 1.10 bits per heavy atom. The second kappa shape index (κ2) is 5.05. The fourth-order valence-corrected chi connectivity index (χ4v) is 2.36. The monoisotopic (exact) mass is 279 g/mol. The molecule has 106 valence electrons. The lowest BCUT2D eigenvalue weighted by atomic mass is 10.1. The van der Waals surface area contributed by atoms with Gasteiger partial charge < -0.3 is 0 Å². The third-order valence-electron chi connectivity index (χ3n) is 3.82. The third-order valence-corrected chi connectivity index (χ3v) is 3.82. The fraction of sp³-hybridized carbons (Fsp3) is 0.176. The van der Waals surface area contributed by atoms with Crippen LogP contribution in [0, 0.1) is 20.8 Å². The highest BCUT2D eigenvalue weighted by atomic mass is 16.1. The van der Waals surface area contributed by atoms with Crippen LogP contribution in [0.4, 0.5) is 0 Å². The molecular formula is C17H17N3O. The Bertz CT molecular complexity index is 844. The molecule has 21 heavy (non-hydrogen) atoms. The fourth-order valence-electron chi connectivity index (χ4n) is 2.36. The summed E-state index contributed by atoms with van der Waals surface area (Å²) in [5, 5.41) is 3.19. The number of aryl methyl sites for hydroxylation is 2. The Kier molecular flexibility index (Phi) is 3.22. The van der Waals surface area contributed by atoms with Gasteiger partial charge in [0.1, 0.15) is 0 Å². The molecule has 0 radical (unpaired) electrons. The van der Waals surface area contributed by atoms with Gasteiger partial charge in [0.2, 0.25) is 0 Å². The number of nitrogens with zero attached hydrogens (tertiary/aromatic N) is 2. The first-order chi connectivity index (χ1) is 10.1. The van der Waals surface area contributed by atoms with Gasteiger partial charge in [0.15, 0.2) is 0 Å². The van der Waals surface area contributed by atoms with Gasteiger partial charge in [0, 0.05) is 23.5 Å². The van der Waals surface area contributed by atoms with Crippen molar-refractivity contribution < 1.29 is 0 Å². The number of hydrogen-bond donors (Lipinski definition) is 1. The van der Waals surface area contributed by atoms with Gasteiger partial charge in [-0.15, -0.1) is 0 Å². The lowest BCUT2D eigenvalue weighted by molar-refractivity contribution is 0.849. The van der Waals surface area contributed by atoms with Crippen molar-refractivity contribution in [1.29, 1.82) is 0 Å². The number of aromatic nitrogens is 3. The predicted octanol–water partition coefficient (Wildman–Crippen LogP) is 3.15. The third kappa shape index (κ3) is 2.29. The minimum atomic E-state index is -0.0305. The van der Waals surface area contributed by atoms with Crippen LogP contribution in [0.3, 0.4) is 0 Å². The minimum absolute atomic E-state index is 0.0305. The summed E-state index contributed by atoms with van der Waals surface area (Å²) < 4.78 is 1.59. The lowest BCUT2D eigenvalue weighted by Gasteiger charge is -2.05. The SMILES string of the molecule is Cc1ccc(-n2[nH]c(-c3cccnc3)c(C)c2=O)cc1C. The zero-order valence-corrected chi connectivity index (χ0v) is 12.3. The van der Waals surface area contributed by atoms with Gasteiger partial charge in [-0.25, -0.2) is 4.68 Å². The maximum atomic E-state index is 12.5. The van der Waals surface area contributed by atoms with Gasteiger partial charge in [-0.2, -0.15) is 0 Å². The summed E-state index contributed by atoms with van der Waals surface area (Å²) in [5.41, 5.74) is 5.61. The van der Waals surface area contributed by atoms with Gasteiger partial charge in [-0.3, -0.25) is 14.9 Å². The van der Waals surface area contributed by atoms with Crippen molar-refractivity contribution in [2.75, 3.05) is 0 Å². The van der Waals surface area contributed by atoms with E-state index in [1.54, 1.807) is 17.1 Å². The van der Waals surface area contributed by atoms with Crippen LogP contribution in [-0.4, -0.2) is 14.8 Å². The molecule has 0 saturated carbocycles. The minimum Gasteiger partial charge on any atom is -0.290 e. The van der Waals surface area contributed by atoms with Crippen LogP contribution in [0.25, 0.3) is 16.9 Å². The Morgan fingerprint density at radius 2 is 1.90 bits per heavy atom. The van der Waals surface area contributed by atoms with E-state index in [0.29, 0.717) is 5.56 Å². The van der Waals surface area contributed by atoms with Crippen LogP contribution in [0.15, 0.2) is 47.5 Å². The molecule has 2 aromatic heterocycles. The summed E-state index contributed by atoms with van der Waals surface area (Å²) in [4.78, 5) is 16.6. The van der Waals surface area contributed by atoms with E-state index in [0.717, 1.165) is 22.5 Å². The van der Waals surface area contributed by atoms with Crippen molar-refractivity contribution in [2.24, 2.45) is 0 Å². The number of aromatic amines is 1. The van der Waals surface area contributed by atoms with Crippen LogP contribution in [0.1, 0.15) is 16.7 Å². The van der Waals surface area contributed by atoms with E-state index in [4.69, 9.17) is 0 Å². The van der Waals surface area contributed by atoms with Crippen LogP contribution >= 0.6 is 0 Å². The van der Waals surface area contributed by atoms with Crippen molar-refractivity contribution in [2.45, 2.75) is 20.8 Å². The second-order valence-electron chi connectivity index (χ2n) is 5.26. The standard InChI is InChI=1S/C17H17N3O/c1-11-6-7-15(9-12(11)2)20-17(21)13(3)16(19-20)14-5-4-8-18-10-14/h4-10,19H,1-3H3. The molecule has 3 aromatic rings. The predicted molar refractivity (Wildman–Crippen MR) is 83.8 cm³/mol. The second-order valence-corrected chi connectivity index (χ2v) is 5.26. The maximum absolute atomic E-state index is 12.5. The summed E-state index contributed by atoms with van der Waals surface area (Å²) in [5.74, 6) is 0. The number of nitrogens with one attached hydrogen (secondary N) is 1. The highest BCUT2D eigenvalue weighted by molar-refractivity contribution is 5.61. The zero-order valence-electron chi connectivity index (χ0n) is 12.3. The van der Waals surface area contributed by atoms with Gasteiger partial charge in [0.05, 0.1) is 11.4 Å². The molecule has 4 heteroatoms. The number of rotatable bonds is 2. The highest BCUT2D eigenvalue weighted by Crippen LogP contribution is 2.19. The molecule has 0 bridgehead atoms. The largest absolute Gasteiger partial charge is 0.290 e. The molecule has 0 aliphatic heterocycles. The molecule has 0 amide bonds. The average Bonchev–Trinajstić information content (AvgIpc) is 2.79. The molecule has 0 fully saturated rings. The van der Waals surface area contributed by atoms with E-state index in [1.165, 1.54) is 5.56 Å². The van der Waals surface area contributed by atoms with Crippen molar-refractivity contribution >= 4 is 0 Å². The Labute approximate surface area is 123 Å². The number of benzene rings is 1. The van der Waals surface area contributed by atoms with Gasteiger partial charge >= 0.3 is 0 Å². The normalized spacial score (nSPS) is 10.8. The zero-order chi connectivity index (χ0) is 15.0. The van der Waals surface area contributed by atoms with E-state index < -0.39 is 0 Å². The summed E-state index contributed by atoms with van der Waals surface area (Å²) >= 11 is 0. The van der Waals surface area contributed by atoms with E-state index >= 15 is 0 Å². The van der Waals surface area contributed by atoms with Crippen molar-refractivity contribution in [1.82, 2.24) is 14.8 Å². The lowest BCUT2D eigenvalue weighted by Crippen LogP contribution is -2.15. The molecule has 0 unspecified atom stereocenters. The topological polar surface area (TPSA) is 50.7 Å². The average molecular weight is 279 g/mol. The molecular weight excluding hydrogens is 262 g/mol. The molecule has 0 aliphatic rings. The molecule has 4 nitrogen and oxygen atoms in total. The summed E-state index contributed by atoms with van der Waals surface area (Å²) in [7, 11) is 0. The first-order valence-corrected chi connectivity index (χ1v) is 6.87. The Morgan fingerprint density at radius 3 is 2.57 bits per heavy atom. The molecule has 3 rings (SSSR count). The van der Waals surface area contributed by atoms with E-state index in [9.17, 15) is 4.79 Å². The molecule has 0 atom stereocenters. The molecule has 0 saturated heterocycles. The Balaban J connectivity index is 2.17. The first kappa shape index (κ1) is 13.4. The molecule has 0 spiro atoms. The van der Waals surface area contributed by atoms with Crippen molar-refractivity contribution in [3.05, 3.63) is 69.8 Å². The number of hydrogen-bond acceptors (Lipinski definition) is 2. The summed E-state index contributed by atoms with van der Waals surface area (Å²) in [6.45, 7) is 5.93. The molecule has 1 N–H and O–H groups in total. The quantitative estimate of drug-likeness (QED) is 0.783.